The van der Waals surface area contributed by atoms with Gasteiger partial charge in [0.1, 0.15) is 0 Å². The van der Waals surface area contributed by atoms with Gasteiger partial charge in [-0.3, -0.25) is 4.55 Å². The molecule has 0 aliphatic heterocycles. The summed E-state index contributed by atoms with van der Waals surface area (Å²) in [6.07, 6.45) is -6.21. The standard InChI is InChI=1S/C8H6F4O4S/c9-7-5(4-8(10,11)12)2-1-3-6(7)16-17(13,14)15/h1-3H,4H2,(H,13,14,15). The van der Waals surface area contributed by atoms with Crippen molar-refractivity contribution in [3.8, 4) is 5.75 Å². The van der Waals surface area contributed by atoms with Crippen molar-refractivity contribution in [1.29, 1.82) is 0 Å². The molecule has 0 aliphatic rings. The summed E-state index contributed by atoms with van der Waals surface area (Å²) in [7, 11) is -4.98. The van der Waals surface area contributed by atoms with Gasteiger partial charge in [0.05, 0.1) is 6.42 Å². The molecule has 1 rings (SSSR count). The molecular formula is C8H6F4O4S. The van der Waals surface area contributed by atoms with Crippen LogP contribution >= 0.6 is 0 Å². The van der Waals surface area contributed by atoms with Crippen LogP contribution in [0, 0.1) is 5.82 Å². The van der Waals surface area contributed by atoms with Crippen LogP contribution in [-0.4, -0.2) is 19.1 Å². The van der Waals surface area contributed by atoms with E-state index in [0.717, 1.165) is 18.2 Å². The second kappa shape index (κ2) is 4.49. The molecule has 0 aromatic heterocycles. The number of benzene rings is 1. The van der Waals surface area contributed by atoms with Crippen LogP contribution in [0.1, 0.15) is 5.56 Å². The highest BCUT2D eigenvalue weighted by molar-refractivity contribution is 7.81. The molecule has 1 aromatic carbocycles. The van der Waals surface area contributed by atoms with E-state index in [1.54, 1.807) is 0 Å². The van der Waals surface area contributed by atoms with E-state index >= 15 is 0 Å². The van der Waals surface area contributed by atoms with Crippen molar-refractivity contribution in [2.24, 2.45) is 0 Å². The first kappa shape index (κ1) is 13.7. The normalized spacial score (nSPS) is 12.5. The summed E-state index contributed by atoms with van der Waals surface area (Å²) in [6, 6.07) is 2.59. The Hall–Kier alpha value is -1.35. The predicted molar refractivity (Wildman–Crippen MR) is 48.3 cm³/mol. The minimum atomic E-state index is -4.98. The molecule has 0 heterocycles. The van der Waals surface area contributed by atoms with Crippen LogP contribution in [0.4, 0.5) is 17.6 Å². The lowest BCUT2D eigenvalue weighted by Gasteiger charge is -2.09. The topological polar surface area (TPSA) is 63.6 Å². The molecule has 1 aromatic rings. The Balaban J connectivity index is 3.08. The molecule has 0 amide bonds. The first-order valence-corrected chi connectivity index (χ1v) is 5.46. The molecule has 1 N–H and O–H groups in total. The molecule has 9 heteroatoms. The Morgan fingerprint density at radius 2 is 1.88 bits per heavy atom. The number of hydrogen-bond donors (Lipinski definition) is 1. The highest BCUT2D eigenvalue weighted by Gasteiger charge is 2.30. The van der Waals surface area contributed by atoms with Crippen LogP contribution in [0.2, 0.25) is 0 Å². The van der Waals surface area contributed by atoms with Crippen molar-refractivity contribution in [1.82, 2.24) is 0 Å². The van der Waals surface area contributed by atoms with E-state index < -0.39 is 40.1 Å². The summed E-state index contributed by atoms with van der Waals surface area (Å²) in [4.78, 5) is 0. The lowest BCUT2D eigenvalue weighted by atomic mass is 10.1. The van der Waals surface area contributed by atoms with Crippen LogP contribution in [0.5, 0.6) is 5.75 Å². The van der Waals surface area contributed by atoms with E-state index in [-0.39, 0.29) is 0 Å². The monoisotopic (exact) mass is 274 g/mol. The third-order valence-corrected chi connectivity index (χ3v) is 2.02. The molecule has 0 aliphatic carbocycles. The molecule has 0 saturated carbocycles. The summed E-state index contributed by atoms with van der Waals surface area (Å²) in [5.41, 5.74) is -0.779. The fourth-order valence-electron chi connectivity index (χ4n) is 1.09. The summed E-state index contributed by atoms with van der Waals surface area (Å²) in [5.74, 6) is -2.48. The summed E-state index contributed by atoms with van der Waals surface area (Å²) < 4.78 is 82.0. The largest absolute Gasteiger partial charge is 0.446 e. The zero-order valence-electron chi connectivity index (χ0n) is 8.03. The van der Waals surface area contributed by atoms with Gasteiger partial charge in [-0.05, 0) is 6.07 Å². The summed E-state index contributed by atoms with van der Waals surface area (Å²) >= 11 is 0. The molecule has 0 saturated heterocycles. The first-order chi connectivity index (χ1) is 7.58. The van der Waals surface area contributed by atoms with E-state index in [2.05, 4.69) is 4.18 Å². The van der Waals surface area contributed by atoms with Crippen molar-refractivity contribution < 1.29 is 34.7 Å². The highest BCUT2D eigenvalue weighted by Crippen LogP contribution is 2.27. The maximum Gasteiger partial charge on any atom is 0.446 e. The first-order valence-electron chi connectivity index (χ1n) is 4.09. The number of alkyl halides is 3. The molecule has 0 unspecified atom stereocenters. The smallest absolute Gasteiger partial charge is 0.359 e. The average molecular weight is 274 g/mol. The van der Waals surface area contributed by atoms with E-state index in [4.69, 9.17) is 4.55 Å². The Labute approximate surface area is 93.8 Å². The highest BCUT2D eigenvalue weighted by atomic mass is 32.3. The Morgan fingerprint density at radius 3 is 2.35 bits per heavy atom. The summed E-state index contributed by atoms with van der Waals surface area (Å²) in [5, 5.41) is 0. The summed E-state index contributed by atoms with van der Waals surface area (Å²) in [6.45, 7) is 0. The molecule has 0 spiro atoms. The average Bonchev–Trinajstić information content (AvgIpc) is 2.07. The van der Waals surface area contributed by atoms with E-state index in [0.29, 0.717) is 0 Å². The molecule has 0 bridgehead atoms. The maximum absolute atomic E-state index is 13.3. The molecule has 96 valence electrons. The van der Waals surface area contributed by atoms with Gasteiger partial charge in [-0.1, -0.05) is 12.1 Å². The zero-order chi connectivity index (χ0) is 13.3. The SMILES string of the molecule is O=S(=O)(O)Oc1cccc(CC(F)(F)F)c1F. The van der Waals surface area contributed by atoms with Crippen LogP contribution in [0.3, 0.4) is 0 Å². The Morgan fingerprint density at radius 1 is 1.29 bits per heavy atom. The maximum atomic E-state index is 13.3. The fraction of sp³-hybridized carbons (Fsp3) is 0.250. The van der Waals surface area contributed by atoms with E-state index in [1.807, 2.05) is 0 Å². The van der Waals surface area contributed by atoms with Gasteiger partial charge in [-0.2, -0.15) is 21.6 Å². The lowest BCUT2D eigenvalue weighted by molar-refractivity contribution is -0.127. The Kier molecular flexibility index (Phi) is 3.62. The van der Waals surface area contributed by atoms with Crippen LogP contribution in [0.25, 0.3) is 0 Å². The van der Waals surface area contributed by atoms with Gasteiger partial charge in [0.25, 0.3) is 0 Å². The molecule has 0 atom stereocenters. The third-order valence-electron chi connectivity index (χ3n) is 1.63. The van der Waals surface area contributed by atoms with Crippen LogP contribution in [0.15, 0.2) is 18.2 Å². The van der Waals surface area contributed by atoms with Crippen molar-refractivity contribution in [2.75, 3.05) is 0 Å². The van der Waals surface area contributed by atoms with Gasteiger partial charge in [0.2, 0.25) is 0 Å². The predicted octanol–water partition coefficient (Wildman–Crippen LogP) is 2.11. The minimum Gasteiger partial charge on any atom is -0.359 e. The van der Waals surface area contributed by atoms with Gasteiger partial charge >= 0.3 is 16.6 Å². The van der Waals surface area contributed by atoms with Gasteiger partial charge in [-0.15, -0.1) is 0 Å². The van der Waals surface area contributed by atoms with Gasteiger partial charge in [0.15, 0.2) is 11.6 Å². The Bertz CT molecular complexity index is 509. The number of halogens is 4. The minimum absolute atomic E-state index is 0.779. The third kappa shape index (κ3) is 4.57. The van der Waals surface area contributed by atoms with Gasteiger partial charge in [-0.25, -0.2) is 4.39 Å². The van der Waals surface area contributed by atoms with Gasteiger partial charge in [0, 0.05) is 5.56 Å². The van der Waals surface area contributed by atoms with Gasteiger partial charge < -0.3 is 4.18 Å². The molecular weight excluding hydrogens is 268 g/mol. The number of hydrogen-bond acceptors (Lipinski definition) is 3. The zero-order valence-corrected chi connectivity index (χ0v) is 8.85. The molecule has 0 radical (unpaired) electrons. The lowest BCUT2D eigenvalue weighted by Crippen LogP contribution is -2.14. The van der Waals surface area contributed by atoms with Crippen molar-refractivity contribution in [3.05, 3.63) is 29.6 Å². The van der Waals surface area contributed by atoms with E-state index in [1.165, 1.54) is 0 Å². The quantitative estimate of drug-likeness (QED) is 0.677. The van der Waals surface area contributed by atoms with Crippen molar-refractivity contribution in [3.63, 3.8) is 0 Å². The molecule has 0 fully saturated rings. The second-order valence-electron chi connectivity index (χ2n) is 3.03. The number of rotatable bonds is 3. The molecule has 17 heavy (non-hydrogen) atoms. The second-order valence-corrected chi connectivity index (χ2v) is 4.05. The fourth-order valence-corrected chi connectivity index (χ4v) is 1.44. The van der Waals surface area contributed by atoms with Crippen molar-refractivity contribution >= 4 is 10.4 Å². The molecule has 4 nitrogen and oxygen atoms in total. The van der Waals surface area contributed by atoms with Crippen LogP contribution < -0.4 is 4.18 Å². The van der Waals surface area contributed by atoms with Crippen molar-refractivity contribution in [2.45, 2.75) is 12.6 Å². The van der Waals surface area contributed by atoms with Crippen LogP contribution in [-0.2, 0) is 16.8 Å². The van der Waals surface area contributed by atoms with E-state index in [9.17, 15) is 26.0 Å².